The number of aliphatic hydroxyl groups excluding tert-OH is 2. The van der Waals surface area contributed by atoms with Crippen LogP contribution in [0.3, 0.4) is 0 Å². The van der Waals surface area contributed by atoms with Gasteiger partial charge in [-0.05, 0) is 5.92 Å². The average molecular weight is 246 g/mol. The summed E-state index contributed by atoms with van der Waals surface area (Å²) in [5, 5.41) is 22.3. The Hall–Kier alpha value is -0.200. The van der Waals surface area contributed by atoms with Gasteiger partial charge < -0.3 is 20.3 Å². The number of hydrogen-bond donors (Lipinski definition) is 3. The standard InChI is InChI=1S/C12H26N2O3/c1-10(2)12(9-15)13-7-11(16)8-14-3-5-17-6-4-14/h10-13,15-16H,3-9H2,1-2H3. The molecule has 1 aliphatic heterocycles. The first-order chi connectivity index (χ1) is 8.13. The van der Waals surface area contributed by atoms with Crippen molar-refractivity contribution in [1.82, 2.24) is 10.2 Å². The van der Waals surface area contributed by atoms with E-state index in [1.807, 2.05) is 0 Å². The Morgan fingerprint density at radius 1 is 1.29 bits per heavy atom. The molecule has 0 bridgehead atoms. The van der Waals surface area contributed by atoms with Gasteiger partial charge in [0.05, 0.1) is 25.9 Å². The van der Waals surface area contributed by atoms with E-state index in [1.54, 1.807) is 0 Å². The van der Waals surface area contributed by atoms with Crippen molar-refractivity contribution in [3.8, 4) is 0 Å². The Kier molecular flexibility index (Phi) is 6.99. The number of rotatable bonds is 7. The van der Waals surface area contributed by atoms with Crippen molar-refractivity contribution in [3.05, 3.63) is 0 Å². The smallest absolute Gasteiger partial charge is 0.0791 e. The average Bonchev–Trinajstić information content (AvgIpc) is 2.30. The molecule has 2 unspecified atom stereocenters. The number of hydrogen-bond acceptors (Lipinski definition) is 5. The van der Waals surface area contributed by atoms with Gasteiger partial charge in [0.1, 0.15) is 0 Å². The lowest BCUT2D eigenvalue weighted by Crippen LogP contribution is -2.47. The minimum Gasteiger partial charge on any atom is -0.395 e. The van der Waals surface area contributed by atoms with Crippen LogP contribution in [0.2, 0.25) is 0 Å². The molecule has 5 heteroatoms. The maximum Gasteiger partial charge on any atom is 0.0791 e. The summed E-state index contributed by atoms with van der Waals surface area (Å²) in [6.45, 7) is 8.73. The van der Waals surface area contributed by atoms with E-state index in [-0.39, 0.29) is 18.8 Å². The molecular weight excluding hydrogens is 220 g/mol. The van der Waals surface area contributed by atoms with Crippen LogP contribution in [0.25, 0.3) is 0 Å². The molecule has 5 nitrogen and oxygen atoms in total. The Bertz CT molecular complexity index is 196. The molecule has 1 rings (SSSR count). The quantitative estimate of drug-likeness (QED) is 0.554. The highest BCUT2D eigenvalue weighted by molar-refractivity contribution is 4.74. The van der Waals surface area contributed by atoms with E-state index in [0.29, 0.717) is 19.0 Å². The van der Waals surface area contributed by atoms with Crippen LogP contribution < -0.4 is 5.32 Å². The van der Waals surface area contributed by atoms with E-state index in [9.17, 15) is 5.11 Å². The lowest BCUT2D eigenvalue weighted by Gasteiger charge is -2.29. The summed E-state index contributed by atoms with van der Waals surface area (Å²) in [5.74, 6) is 0.371. The van der Waals surface area contributed by atoms with Gasteiger partial charge in [-0.15, -0.1) is 0 Å². The highest BCUT2D eigenvalue weighted by atomic mass is 16.5. The molecule has 0 saturated carbocycles. The first kappa shape index (κ1) is 14.9. The van der Waals surface area contributed by atoms with Crippen molar-refractivity contribution in [2.75, 3.05) is 46.0 Å². The molecule has 0 amide bonds. The van der Waals surface area contributed by atoms with Gasteiger partial charge in [0.25, 0.3) is 0 Å². The largest absolute Gasteiger partial charge is 0.395 e. The third-order valence-corrected chi connectivity index (χ3v) is 3.19. The maximum atomic E-state index is 9.90. The zero-order valence-electron chi connectivity index (χ0n) is 10.9. The molecule has 0 radical (unpaired) electrons. The van der Waals surface area contributed by atoms with E-state index in [2.05, 4.69) is 24.1 Å². The predicted octanol–water partition coefficient (Wildman–Crippen LogP) is -0.714. The van der Waals surface area contributed by atoms with Crippen molar-refractivity contribution in [2.45, 2.75) is 26.0 Å². The van der Waals surface area contributed by atoms with Crippen LogP contribution >= 0.6 is 0 Å². The Morgan fingerprint density at radius 2 is 1.94 bits per heavy atom. The first-order valence-corrected chi connectivity index (χ1v) is 6.46. The van der Waals surface area contributed by atoms with Crippen LogP contribution in [0.4, 0.5) is 0 Å². The van der Waals surface area contributed by atoms with E-state index < -0.39 is 0 Å². The summed E-state index contributed by atoms with van der Waals surface area (Å²) in [4.78, 5) is 2.21. The van der Waals surface area contributed by atoms with Crippen LogP contribution in [0.1, 0.15) is 13.8 Å². The number of aliphatic hydroxyl groups is 2. The molecule has 0 aromatic carbocycles. The summed E-state index contributed by atoms with van der Waals surface area (Å²) in [7, 11) is 0. The Balaban J connectivity index is 2.17. The second-order valence-corrected chi connectivity index (χ2v) is 5.01. The number of ether oxygens (including phenoxy) is 1. The minimum absolute atomic E-state index is 0.0642. The SMILES string of the molecule is CC(C)C(CO)NCC(O)CN1CCOCC1. The van der Waals surface area contributed by atoms with Gasteiger partial charge >= 0.3 is 0 Å². The molecule has 3 N–H and O–H groups in total. The van der Waals surface area contributed by atoms with Gasteiger partial charge in [0.2, 0.25) is 0 Å². The second kappa shape index (κ2) is 8.00. The second-order valence-electron chi connectivity index (χ2n) is 5.01. The Morgan fingerprint density at radius 3 is 2.47 bits per heavy atom. The van der Waals surface area contributed by atoms with E-state index in [4.69, 9.17) is 9.84 Å². The van der Waals surface area contributed by atoms with E-state index in [1.165, 1.54) is 0 Å². The van der Waals surface area contributed by atoms with Gasteiger partial charge in [-0.25, -0.2) is 0 Å². The lowest BCUT2D eigenvalue weighted by atomic mass is 10.1. The molecule has 102 valence electrons. The van der Waals surface area contributed by atoms with Crippen LogP contribution in [-0.4, -0.2) is 73.3 Å². The van der Waals surface area contributed by atoms with Crippen LogP contribution in [0, 0.1) is 5.92 Å². The normalized spacial score (nSPS) is 21.7. The van der Waals surface area contributed by atoms with Crippen LogP contribution in [0.5, 0.6) is 0 Å². The summed E-state index contributed by atoms with van der Waals surface area (Å²) >= 11 is 0. The van der Waals surface area contributed by atoms with E-state index in [0.717, 1.165) is 26.3 Å². The zero-order valence-corrected chi connectivity index (χ0v) is 10.9. The van der Waals surface area contributed by atoms with Gasteiger partial charge in [-0.3, -0.25) is 4.90 Å². The first-order valence-electron chi connectivity index (χ1n) is 6.46. The van der Waals surface area contributed by atoms with Crippen LogP contribution in [0.15, 0.2) is 0 Å². The monoisotopic (exact) mass is 246 g/mol. The summed E-state index contributed by atoms with van der Waals surface area (Å²) in [5.41, 5.74) is 0. The molecule has 2 atom stereocenters. The Labute approximate surface area is 104 Å². The van der Waals surface area contributed by atoms with Crippen molar-refractivity contribution in [2.24, 2.45) is 5.92 Å². The number of β-amino-alcohol motifs (C(OH)–C–C–N with tert-alkyl or cyclic N) is 1. The molecule has 0 aliphatic carbocycles. The molecule has 1 fully saturated rings. The molecule has 17 heavy (non-hydrogen) atoms. The molecule has 1 saturated heterocycles. The van der Waals surface area contributed by atoms with Crippen molar-refractivity contribution in [1.29, 1.82) is 0 Å². The van der Waals surface area contributed by atoms with Gasteiger partial charge in [-0.1, -0.05) is 13.8 Å². The molecule has 1 heterocycles. The predicted molar refractivity (Wildman–Crippen MR) is 67.0 cm³/mol. The molecule has 0 aromatic heterocycles. The minimum atomic E-state index is -0.388. The molecule has 0 aromatic rings. The maximum absolute atomic E-state index is 9.90. The fourth-order valence-corrected chi connectivity index (χ4v) is 1.94. The number of nitrogens with zero attached hydrogens (tertiary/aromatic N) is 1. The van der Waals surface area contributed by atoms with Gasteiger partial charge in [0.15, 0.2) is 0 Å². The fraction of sp³-hybridized carbons (Fsp3) is 1.00. The van der Waals surface area contributed by atoms with Crippen LogP contribution in [-0.2, 0) is 4.74 Å². The molecule has 0 spiro atoms. The third kappa shape index (κ3) is 5.79. The van der Waals surface area contributed by atoms with Gasteiger partial charge in [-0.2, -0.15) is 0 Å². The summed E-state index contributed by atoms with van der Waals surface area (Å²) < 4.78 is 5.26. The highest BCUT2D eigenvalue weighted by Gasteiger charge is 2.17. The van der Waals surface area contributed by atoms with E-state index >= 15 is 0 Å². The molecular formula is C12H26N2O3. The topological polar surface area (TPSA) is 65.0 Å². The van der Waals surface area contributed by atoms with Crippen molar-refractivity contribution in [3.63, 3.8) is 0 Å². The molecule has 1 aliphatic rings. The summed E-state index contributed by atoms with van der Waals surface area (Å²) in [6.07, 6.45) is -0.388. The highest BCUT2D eigenvalue weighted by Crippen LogP contribution is 2.02. The third-order valence-electron chi connectivity index (χ3n) is 3.19. The number of nitrogens with one attached hydrogen (secondary N) is 1. The lowest BCUT2D eigenvalue weighted by molar-refractivity contribution is 0.0137. The fourth-order valence-electron chi connectivity index (χ4n) is 1.94. The van der Waals surface area contributed by atoms with Crippen molar-refractivity contribution >= 4 is 0 Å². The summed E-state index contributed by atoms with van der Waals surface area (Å²) in [6, 6.07) is 0.0642. The van der Waals surface area contributed by atoms with Gasteiger partial charge in [0, 0.05) is 32.2 Å². The van der Waals surface area contributed by atoms with Crippen molar-refractivity contribution < 1.29 is 14.9 Å². The zero-order chi connectivity index (χ0) is 12.7. The number of morpholine rings is 1.